The maximum absolute atomic E-state index is 12.1. The number of aliphatic imine (C=N–C) groups is 1. The molecule has 0 heterocycles. The smallest absolute Gasteiger partial charge is 0.390 e. The molecule has 1 aromatic carbocycles. The van der Waals surface area contributed by atoms with Gasteiger partial charge in [0.15, 0.2) is 5.96 Å². The minimum absolute atomic E-state index is 0. The fourth-order valence-corrected chi connectivity index (χ4v) is 1.74. The quantitative estimate of drug-likeness (QED) is 0.414. The first kappa shape index (κ1) is 21.8. The minimum atomic E-state index is -4.17. The minimum Gasteiger partial charge on any atom is -0.492 e. The summed E-state index contributed by atoms with van der Waals surface area (Å²) < 4.78 is 41.9. The van der Waals surface area contributed by atoms with Crippen LogP contribution in [0.25, 0.3) is 0 Å². The Bertz CT molecular complexity index is 478. The van der Waals surface area contributed by atoms with Crippen molar-refractivity contribution in [3.05, 3.63) is 29.8 Å². The van der Waals surface area contributed by atoms with Gasteiger partial charge in [0.25, 0.3) is 0 Å². The summed E-state index contributed by atoms with van der Waals surface area (Å²) in [6, 6.07) is 7.67. The summed E-state index contributed by atoms with van der Waals surface area (Å²) in [6.07, 6.45) is -5.06. The summed E-state index contributed by atoms with van der Waals surface area (Å²) in [5.74, 6) is 1.18. The van der Waals surface area contributed by atoms with Crippen molar-refractivity contribution >= 4 is 29.9 Å². The van der Waals surface area contributed by atoms with Crippen LogP contribution in [0.3, 0.4) is 0 Å². The van der Waals surface area contributed by atoms with Crippen LogP contribution in [0.5, 0.6) is 5.75 Å². The molecule has 4 nitrogen and oxygen atoms in total. The van der Waals surface area contributed by atoms with Crippen LogP contribution in [0.1, 0.15) is 12.0 Å². The summed E-state index contributed by atoms with van der Waals surface area (Å²) in [4.78, 5) is 5.68. The third-order valence-corrected chi connectivity index (χ3v) is 2.98. The SMILES string of the molecule is CN=C(NCCC(F)(F)F)N(C)CCOc1ccc(C)cc1.I. The Labute approximate surface area is 152 Å². The average Bonchev–Trinajstić information content (AvgIpc) is 2.44. The zero-order valence-corrected chi connectivity index (χ0v) is 15.8. The van der Waals surface area contributed by atoms with Gasteiger partial charge in [-0.2, -0.15) is 13.2 Å². The first-order valence-corrected chi connectivity index (χ1v) is 7.00. The Morgan fingerprint density at radius 3 is 2.39 bits per heavy atom. The van der Waals surface area contributed by atoms with Gasteiger partial charge in [-0.3, -0.25) is 4.99 Å². The molecule has 0 spiro atoms. The number of alkyl halides is 3. The Morgan fingerprint density at radius 1 is 1.26 bits per heavy atom. The van der Waals surface area contributed by atoms with Crippen molar-refractivity contribution in [3.63, 3.8) is 0 Å². The standard InChI is InChI=1S/C15H22F3N3O.HI/c1-12-4-6-13(7-5-12)22-11-10-21(3)14(19-2)20-9-8-15(16,17)18;/h4-7H,8-11H2,1-3H3,(H,19,20);1H. The Balaban J connectivity index is 0.00000484. The number of hydrogen-bond donors (Lipinski definition) is 1. The second-order valence-corrected chi connectivity index (χ2v) is 4.92. The third kappa shape index (κ3) is 9.52. The second-order valence-electron chi connectivity index (χ2n) is 4.92. The summed E-state index contributed by atoms with van der Waals surface area (Å²) in [5.41, 5.74) is 1.15. The van der Waals surface area contributed by atoms with Crippen LogP contribution < -0.4 is 10.1 Å². The van der Waals surface area contributed by atoms with Gasteiger partial charge in [-0.15, -0.1) is 24.0 Å². The Hall–Kier alpha value is -1.19. The number of rotatable bonds is 6. The first-order valence-electron chi connectivity index (χ1n) is 7.00. The molecule has 0 atom stereocenters. The number of benzene rings is 1. The Kier molecular flexibility index (Phi) is 10.0. The van der Waals surface area contributed by atoms with E-state index in [1.165, 1.54) is 7.05 Å². The van der Waals surface area contributed by atoms with Crippen LogP contribution >= 0.6 is 24.0 Å². The summed E-state index contributed by atoms with van der Waals surface area (Å²) >= 11 is 0. The molecule has 0 bridgehead atoms. The van der Waals surface area contributed by atoms with Gasteiger partial charge in [0.2, 0.25) is 0 Å². The molecule has 8 heteroatoms. The number of nitrogens with zero attached hydrogens (tertiary/aromatic N) is 2. The molecule has 0 aliphatic heterocycles. The van der Waals surface area contributed by atoms with Crippen molar-refractivity contribution in [1.29, 1.82) is 0 Å². The number of hydrogen-bond acceptors (Lipinski definition) is 2. The zero-order valence-electron chi connectivity index (χ0n) is 13.5. The van der Waals surface area contributed by atoms with E-state index in [2.05, 4.69) is 10.3 Å². The number of halogens is 4. The zero-order chi connectivity index (χ0) is 16.6. The first-order chi connectivity index (χ1) is 10.3. The van der Waals surface area contributed by atoms with Gasteiger partial charge in [0.1, 0.15) is 12.4 Å². The largest absolute Gasteiger partial charge is 0.492 e. The molecule has 0 saturated carbocycles. The van der Waals surface area contributed by atoms with E-state index >= 15 is 0 Å². The van der Waals surface area contributed by atoms with Crippen molar-refractivity contribution in [2.45, 2.75) is 19.5 Å². The Morgan fingerprint density at radius 2 is 1.87 bits per heavy atom. The molecule has 132 valence electrons. The molecule has 1 N–H and O–H groups in total. The fraction of sp³-hybridized carbons (Fsp3) is 0.533. The third-order valence-electron chi connectivity index (χ3n) is 2.98. The lowest BCUT2D eigenvalue weighted by Gasteiger charge is -2.22. The van der Waals surface area contributed by atoms with Gasteiger partial charge in [-0.1, -0.05) is 17.7 Å². The number of ether oxygens (including phenoxy) is 1. The van der Waals surface area contributed by atoms with Crippen molar-refractivity contribution < 1.29 is 17.9 Å². The molecule has 0 amide bonds. The van der Waals surface area contributed by atoms with Crippen LogP contribution in [0.2, 0.25) is 0 Å². The highest BCUT2D eigenvalue weighted by Gasteiger charge is 2.26. The highest BCUT2D eigenvalue weighted by atomic mass is 127. The lowest BCUT2D eigenvalue weighted by Crippen LogP contribution is -2.42. The monoisotopic (exact) mass is 445 g/mol. The molecule has 23 heavy (non-hydrogen) atoms. The predicted octanol–water partition coefficient (Wildman–Crippen LogP) is 3.45. The molecule has 0 fully saturated rings. The lowest BCUT2D eigenvalue weighted by molar-refractivity contribution is -0.132. The van der Waals surface area contributed by atoms with Crippen LogP contribution in [-0.2, 0) is 0 Å². The molecule has 0 aromatic heterocycles. The maximum atomic E-state index is 12.1. The fourth-order valence-electron chi connectivity index (χ4n) is 1.74. The van der Waals surface area contributed by atoms with Crippen LogP contribution in [-0.4, -0.2) is 50.8 Å². The van der Waals surface area contributed by atoms with Crippen LogP contribution in [0.4, 0.5) is 13.2 Å². The van der Waals surface area contributed by atoms with Crippen molar-refractivity contribution in [2.24, 2.45) is 4.99 Å². The topological polar surface area (TPSA) is 36.9 Å². The van der Waals surface area contributed by atoms with Crippen molar-refractivity contribution in [1.82, 2.24) is 10.2 Å². The molecule has 0 unspecified atom stereocenters. The van der Waals surface area contributed by atoms with E-state index in [1.54, 1.807) is 11.9 Å². The molecule has 0 aliphatic rings. The van der Waals surface area contributed by atoms with Gasteiger partial charge in [-0.05, 0) is 19.1 Å². The average molecular weight is 445 g/mol. The molecule has 0 radical (unpaired) electrons. The number of aryl methyl sites for hydroxylation is 1. The van der Waals surface area contributed by atoms with Gasteiger partial charge in [-0.25, -0.2) is 0 Å². The van der Waals surface area contributed by atoms with E-state index in [0.717, 1.165) is 11.3 Å². The predicted molar refractivity (Wildman–Crippen MR) is 96.8 cm³/mol. The summed E-state index contributed by atoms with van der Waals surface area (Å²) in [5, 5.41) is 2.68. The van der Waals surface area contributed by atoms with Gasteiger partial charge in [0, 0.05) is 20.6 Å². The number of likely N-dealkylation sites (N-methyl/N-ethyl adjacent to an activating group) is 1. The lowest BCUT2D eigenvalue weighted by atomic mass is 10.2. The highest BCUT2D eigenvalue weighted by molar-refractivity contribution is 14.0. The molecule has 1 aromatic rings. The van der Waals surface area contributed by atoms with E-state index in [4.69, 9.17) is 4.74 Å². The van der Waals surface area contributed by atoms with Crippen molar-refractivity contribution in [2.75, 3.05) is 33.8 Å². The van der Waals surface area contributed by atoms with Gasteiger partial charge in [0.05, 0.1) is 13.0 Å². The van der Waals surface area contributed by atoms with Gasteiger partial charge >= 0.3 is 6.18 Å². The molecular formula is C15H23F3IN3O. The van der Waals surface area contributed by atoms with E-state index in [1.807, 2.05) is 31.2 Å². The van der Waals surface area contributed by atoms with Crippen LogP contribution in [0.15, 0.2) is 29.3 Å². The van der Waals surface area contributed by atoms with Gasteiger partial charge < -0.3 is 15.0 Å². The van der Waals surface area contributed by atoms with Crippen molar-refractivity contribution in [3.8, 4) is 5.75 Å². The summed E-state index contributed by atoms with van der Waals surface area (Å²) in [7, 11) is 3.29. The molecular weight excluding hydrogens is 422 g/mol. The van der Waals surface area contributed by atoms with E-state index in [9.17, 15) is 13.2 Å². The normalized spacial score (nSPS) is 11.7. The second kappa shape index (κ2) is 10.6. The molecule has 0 saturated heterocycles. The van der Waals surface area contributed by atoms with E-state index in [0.29, 0.717) is 19.1 Å². The highest BCUT2D eigenvalue weighted by Crippen LogP contribution is 2.18. The van der Waals surface area contributed by atoms with E-state index < -0.39 is 12.6 Å². The van der Waals surface area contributed by atoms with Crippen LogP contribution in [0, 0.1) is 6.92 Å². The number of guanidine groups is 1. The maximum Gasteiger partial charge on any atom is 0.390 e. The number of nitrogens with one attached hydrogen (secondary N) is 1. The molecule has 1 rings (SSSR count). The van der Waals surface area contributed by atoms with E-state index in [-0.39, 0.29) is 30.5 Å². The summed E-state index contributed by atoms with van der Waals surface area (Å²) in [6.45, 7) is 2.73. The molecule has 0 aliphatic carbocycles.